The van der Waals surface area contributed by atoms with Gasteiger partial charge in [0.25, 0.3) is 0 Å². The van der Waals surface area contributed by atoms with Gasteiger partial charge >= 0.3 is 0 Å². The summed E-state index contributed by atoms with van der Waals surface area (Å²) in [5.74, 6) is -0.547. The number of nitrogens with two attached hydrogens (primary N) is 1. The molecule has 1 aromatic carbocycles. The zero-order chi connectivity index (χ0) is 15.0. The molecule has 1 saturated heterocycles. The van der Waals surface area contributed by atoms with E-state index < -0.39 is 16.6 Å². The molecule has 2 N–H and O–H groups in total. The van der Waals surface area contributed by atoms with E-state index in [0.29, 0.717) is 19.6 Å². The van der Waals surface area contributed by atoms with E-state index in [2.05, 4.69) is 6.07 Å². The largest absolute Gasteiger partial charge is 0.347 e. The number of aryl methyl sites for hydroxylation is 2. The summed E-state index contributed by atoms with van der Waals surface area (Å²) in [7, 11) is -1.13. The van der Waals surface area contributed by atoms with Gasteiger partial charge in [-0.2, -0.15) is 0 Å². The van der Waals surface area contributed by atoms with E-state index in [1.54, 1.807) is 0 Å². The van der Waals surface area contributed by atoms with E-state index in [1.165, 1.54) is 5.56 Å². The molecule has 116 valence electrons. The molecule has 0 amide bonds. The number of hydrogen-bond acceptors (Lipinski definition) is 4. The van der Waals surface area contributed by atoms with Crippen molar-refractivity contribution in [2.75, 3.05) is 13.2 Å². The Balaban J connectivity index is 1.85. The Morgan fingerprint density at radius 1 is 1.29 bits per heavy atom. The summed E-state index contributed by atoms with van der Waals surface area (Å²) in [6.45, 7) is 5.30. The molecule has 3 rings (SSSR count). The monoisotopic (exact) mass is 309 g/mol. The summed E-state index contributed by atoms with van der Waals surface area (Å²) in [5.41, 5.74) is 8.49. The molecule has 4 nitrogen and oxygen atoms in total. The second kappa shape index (κ2) is 5.80. The lowest BCUT2D eigenvalue weighted by atomic mass is 9.90. The molecule has 2 aliphatic rings. The Morgan fingerprint density at radius 2 is 2.00 bits per heavy atom. The number of ether oxygens (including phenoxy) is 2. The van der Waals surface area contributed by atoms with Gasteiger partial charge in [0.1, 0.15) is 0 Å². The highest BCUT2D eigenvalue weighted by Crippen LogP contribution is 2.38. The maximum atomic E-state index is 13.0. The quantitative estimate of drug-likeness (QED) is 0.908. The molecule has 0 aromatic heterocycles. The Bertz CT molecular complexity index is 554. The Morgan fingerprint density at radius 3 is 2.67 bits per heavy atom. The van der Waals surface area contributed by atoms with Crippen molar-refractivity contribution >= 4 is 10.8 Å². The van der Waals surface area contributed by atoms with E-state index in [-0.39, 0.29) is 11.3 Å². The first-order valence-electron chi connectivity index (χ1n) is 7.52. The van der Waals surface area contributed by atoms with Gasteiger partial charge in [0.05, 0.1) is 29.3 Å². The van der Waals surface area contributed by atoms with Gasteiger partial charge in [-0.25, -0.2) is 0 Å². The molecule has 1 aliphatic carbocycles. The topological polar surface area (TPSA) is 61.6 Å². The predicted molar refractivity (Wildman–Crippen MR) is 82.6 cm³/mol. The van der Waals surface area contributed by atoms with Gasteiger partial charge in [-0.15, -0.1) is 0 Å². The standard InChI is InChI=1S/C16H23NO3S/c1-11-3-4-14(12(2)9-11)21(18)15-10-16(6-5-13(15)17)19-7-8-20-16/h3-4,9,13,15H,5-8,10,17H2,1-2H3. The average Bonchev–Trinajstić information content (AvgIpc) is 2.90. The van der Waals surface area contributed by atoms with Gasteiger partial charge in [0.2, 0.25) is 0 Å². The molecule has 2 fully saturated rings. The third-order valence-corrected chi connectivity index (χ3v) is 6.44. The first kappa shape index (κ1) is 15.2. The van der Waals surface area contributed by atoms with E-state index in [1.807, 2.05) is 26.0 Å². The fourth-order valence-corrected chi connectivity index (χ4v) is 5.08. The second-order valence-corrected chi connectivity index (χ2v) is 7.76. The maximum Gasteiger partial charge on any atom is 0.169 e. The number of hydrogen-bond donors (Lipinski definition) is 1. The van der Waals surface area contributed by atoms with Gasteiger partial charge in [-0.1, -0.05) is 17.7 Å². The van der Waals surface area contributed by atoms with Crippen molar-refractivity contribution in [3.05, 3.63) is 29.3 Å². The zero-order valence-electron chi connectivity index (χ0n) is 12.6. The van der Waals surface area contributed by atoms with E-state index in [9.17, 15) is 4.21 Å². The number of benzene rings is 1. The van der Waals surface area contributed by atoms with Crippen molar-refractivity contribution in [2.45, 2.75) is 55.1 Å². The lowest BCUT2D eigenvalue weighted by Crippen LogP contribution is -2.50. The molecule has 0 radical (unpaired) electrons. The second-order valence-electron chi connectivity index (χ2n) is 6.12. The van der Waals surface area contributed by atoms with Crippen LogP contribution in [0.25, 0.3) is 0 Å². The summed E-state index contributed by atoms with van der Waals surface area (Å²) in [5, 5.41) is -0.113. The van der Waals surface area contributed by atoms with E-state index >= 15 is 0 Å². The molecule has 1 aliphatic heterocycles. The normalized spacial score (nSPS) is 29.7. The fourth-order valence-electron chi connectivity index (χ4n) is 3.31. The summed E-state index contributed by atoms with van der Waals surface area (Å²) in [6.07, 6.45) is 2.21. The van der Waals surface area contributed by atoms with Gasteiger partial charge in [0, 0.05) is 23.8 Å². The van der Waals surface area contributed by atoms with Crippen LogP contribution in [0.4, 0.5) is 0 Å². The average molecular weight is 309 g/mol. The summed E-state index contributed by atoms with van der Waals surface area (Å²) in [4.78, 5) is 0.885. The van der Waals surface area contributed by atoms with Crippen LogP contribution in [0.15, 0.2) is 23.1 Å². The minimum Gasteiger partial charge on any atom is -0.347 e. The van der Waals surface area contributed by atoms with Crippen LogP contribution in [0.3, 0.4) is 0 Å². The van der Waals surface area contributed by atoms with Crippen molar-refractivity contribution < 1.29 is 13.7 Å². The molecule has 1 saturated carbocycles. The minimum atomic E-state index is -1.13. The summed E-state index contributed by atoms with van der Waals surface area (Å²) in [6, 6.07) is 5.97. The summed E-state index contributed by atoms with van der Waals surface area (Å²) < 4.78 is 24.6. The molecule has 21 heavy (non-hydrogen) atoms. The van der Waals surface area contributed by atoms with Crippen LogP contribution < -0.4 is 5.73 Å². The Hall–Kier alpha value is -0.750. The molecule has 5 heteroatoms. The van der Waals surface area contributed by atoms with Crippen molar-refractivity contribution in [3.63, 3.8) is 0 Å². The smallest absolute Gasteiger partial charge is 0.169 e. The van der Waals surface area contributed by atoms with Crippen LogP contribution in [-0.4, -0.2) is 34.5 Å². The molecule has 0 bridgehead atoms. The van der Waals surface area contributed by atoms with Crippen molar-refractivity contribution in [1.29, 1.82) is 0 Å². The third-order valence-electron chi connectivity index (χ3n) is 4.48. The van der Waals surface area contributed by atoms with Crippen LogP contribution in [-0.2, 0) is 20.3 Å². The molecule has 3 atom stereocenters. The van der Waals surface area contributed by atoms with E-state index in [4.69, 9.17) is 15.2 Å². The fraction of sp³-hybridized carbons (Fsp3) is 0.625. The number of rotatable bonds is 2. The van der Waals surface area contributed by atoms with Crippen molar-refractivity contribution in [2.24, 2.45) is 5.73 Å². The van der Waals surface area contributed by atoms with Crippen LogP contribution in [0, 0.1) is 13.8 Å². The molecule has 1 heterocycles. The van der Waals surface area contributed by atoms with Crippen LogP contribution in [0.2, 0.25) is 0 Å². The molecular weight excluding hydrogens is 286 g/mol. The predicted octanol–water partition coefficient (Wildman–Crippen LogP) is 2.03. The molecular formula is C16H23NO3S. The van der Waals surface area contributed by atoms with Crippen LogP contribution >= 0.6 is 0 Å². The van der Waals surface area contributed by atoms with Crippen molar-refractivity contribution in [1.82, 2.24) is 0 Å². The van der Waals surface area contributed by atoms with E-state index in [0.717, 1.165) is 23.3 Å². The minimum absolute atomic E-state index is 0.0649. The highest BCUT2D eigenvalue weighted by Gasteiger charge is 2.46. The lowest BCUT2D eigenvalue weighted by Gasteiger charge is -2.39. The Labute approximate surface area is 128 Å². The zero-order valence-corrected chi connectivity index (χ0v) is 13.4. The lowest BCUT2D eigenvalue weighted by molar-refractivity contribution is -0.177. The highest BCUT2D eigenvalue weighted by atomic mass is 32.2. The highest BCUT2D eigenvalue weighted by molar-refractivity contribution is 7.85. The van der Waals surface area contributed by atoms with Gasteiger partial charge < -0.3 is 15.2 Å². The van der Waals surface area contributed by atoms with Gasteiger partial charge in [0.15, 0.2) is 5.79 Å². The van der Waals surface area contributed by atoms with Gasteiger partial charge in [-0.05, 0) is 31.9 Å². The third kappa shape index (κ3) is 2.93. The molecule has 1 spiro atoms. The van der Waals surface area contributed by atoms with Crippen LogP contribution in [0.1, 0.15) is 30.4 Å². The van der Waals surface area contributed by atoms with Crippen LogP contribution in [0.5, 0.6) is 0 Å². The van der Waals surface area contributed by atoms with Crippen molar-refractivity contribution in [3.8, 4) is 0 Å². The maximum absolute atomic E-state index is 13.0. The van der Waals surface area contributed by atoms with Gasteiger partial charge in [-0.3, -0.25) is 4.21 Å². The molecule has 3 unspecified atom stereocenters. The Kier molecular flexibility index (Phi) is 4.19. The summed E-state index contributed by atoms with van der Waals surface area (Å²) >= 11 is 0. The first-order valence-corrected chi connectivity index (χ1v) is 8.73. The SMILES string of the molecule is Cc1ccc(S(=O)C2CC3(CCC2N)OCCO3)c(C)c1. The molecule has 1 aromatic rings. The first-order chi connectivity index (χ1) is 10.0.